The lowest BCUT2D eigenvalue weighted by atomic mass is 10.00. The lowest BCUT2D eigenvalue weighted by molar-refractivity contribution is -0.138. The molecule has 3 N–H and O–H groups in total. The van der Waals surface area contributed by atoms with Crippen molar-refractivity contribution in [2.24, 2.45) is 5.73 Å². The lowest BCUT2D eigenvalue weighted by Gasteiger charge is -2.07. The highest BCUT2D eigenvalue weighted by atomic mass is 16.4. The molecule has 0 radical (unpaired) electrons. The minimum Gasteiger partial charge on any atom is -0.480 e. The molecule has 0 aliphatic heterocycles. The van der Waals surface area contributed by atoms with Crippen molar-refractivity contribution in [1.29, 1.82) is 0 Å². The van der Waals surface area contributed by atoms with Gasteiger partial charge < -0.3 is 10.8 Å². The van der Waals surface area contributed by atoms with E-state index in [1.165, 1.54) is 0 Å². The van der Waals surface area contributed by atoms with Gasteiger partial charge in [0, 0.05) is 11.1 Å². The van der Waals surface area contributed by atoms with E-state index in [-0.39, 0.29) is 5.78 Å². The summed E-state index contributed by atoms with van der Waals surface area (Å²) in [5.41, 5.74) is 7.86. The summed E-state index contributed by atoms with van der Waals surface area (Å²) in [6.45, 7) is 0. The molecule has 0 heterocycles. The Labute approximate surface area is 129 Å². The molecule has 0 aliphatic rings. The van der Waals surface area contributed by atoms with Crippen LogP contribution in [-0.4, -0.2) is 22.9 Å². The minimum atomic E-state index is -0.969. The van der Waals surface area contributed by atoms with Gasteiger partial charge >= 0.3 is 5.97 Å². The predicted molar refractivity (Wildman–Crippen MR) is 84.9 cm³/mol. The van der Waals surface area contributed by atoms with Gasteiger partial charge in [0.05, 0.1) is 0 Å². The zero-order chi connectivity index (χ0) is 15.9. The molecule has 22 heavy (non-hydrogen) atoms. The van der Waals surface area contributed by atoms with Gasteiger partial charge in [-0.1, -0.05) is 54.6 Å². The highest BCUT2D eigenvalue weighted by Gasteiger charge is 2.11. The number of benzene rings is 2. The molecule has 4 nitrogen and oxygen atoms in total. The normalized spacial score (nSPS) is 11.9. The van der Waals surface area contributed by atoms with Crippen LogP contribution in [0.1, 0.15) is 34.3 Å². The first kappa shape index (κ1) is 15.9. The molecule has 0 fully saturated rings. The maximum atomic E-state index is 12.3. The fourth-order valence-corrected chi connectivity index (χ4v) is 2.23. The minimum absolute atomic E-state index is 0.0000458. The molecule has 4 heteroatoms. The highest BCUT2D eigenvalue weighted by Crippen LogP contribution is 2.13. The fraction of sp³-hybridized carbons (Fsp3) is 0.222. The molecular weight excluding hydrogens is 278 g/mol. The Morgan fingerprint density at radius 2 is 1.55 bits per heavy atom. The molecule has 0 unspecified atom stereocenters. The van der Waals surface area contributed by atoms with E-state index in [2.05, 4.69) is 0 Å². The molecule has 0 saturated carbocycles. The molecule has 2 aromatic carbocycles. The van der Waals surface area contributed by atoms with Crippen molar-refractivity contribution in [1.82, 2.24) is 0 Å². The standard InChI is InChI=1S/C18H19NO3/c19-16(18(21)22)8-4-5-13-9-11-15(12-10-13)17(20)14-6-2-1-3-7-14/h1-3,6-7,9-12,16H,4-5,8,19H2,(H,21,22)/t16-/m0/s1. The van der Waals surface area contributed by atoms with Gasteiger partial charge in [-0.25, -0.2) is 0 Å². The number of carboxylic acids is 1. The maximum absolute atomic E-state index is 12.3. The molecule has 0 aromatic heterocycles. The number of rotatable bonds is 7. The van der Waals surface area contributed by atoms with Crippen LogP contribution in [0.4, 0.5) is 0 Å². The van der Waals surface area contributed by atoms with Crippen LogP contribution in [0.2, 0.25) is 0 Å². The van der Waals surface area contributed by atoms with Crippen LogP contribution in [0.25, 0.3) is 0 Å². The van der Waals surface area contributed by atoms with Crippen LogP contribution in [0.3, 0.4) is 0 Å². The van der Waals surface area contributed by atoms with Crippen molar-refractivity contribution in [3.05, 3.63) is 71.3 Å². The lowest BCUT2D eigenvalue weighted by Crippen LogP contribution is -2.29. The third-order valence-corrected chi connectivity index (χ3v) is 3.55. The van der Waals surface area contributed by atoms with E-state index < -0.39 is 12.0 Å². The number of aliphatic carboxylic acids is 1. The topological polar surface area (TPSA) is 80.4 Å². The first-order chi connectivity index (χ1) is 10.6. The van der Waals surface area contributed by atoms with Crippen LogP contribution in [0.5, 0.6) is 0 Å². The molecule has 0 amide bonds. The first-order valence-electron chi connectivity index (χ1n) is 7.25. The van der Waals surface area contributed by atoms with E-state index in [0.29, 0.717) is 24.0 Å². The van der Waals surface area contributed by atoms with E-state index in [1.54, 1.807) is 12.1 Å². The van der Waals surface area contributed by atoms with Crippen molar-refractivity contribution in [2.45, 2.75) is 25.3 Å². The average Bonchev–Trinajstić information content (AvgIpc) is 2.55. The Bertz CT molecular complexity index is 635. The van der Waals surface area contributed by atoms with Crippen molar-refractivity contribution >= 4 is 11.8 Å². The second-order valence-corrected chi connectivity index (χ2v) is 5.23. The van der Waals surface area contributed by atoms with E-state index in [9.17, 15) is 9.59 Å². The van der Waals surface area contributed by atoms with E-state index in [0.717, 1.165) is 12.0 Å². The monoisotopic (exact) mass is 297 g/mol. The zero-order valence-electron chi connectivity index (χ0n) is 12.2. The van der Waals surface area contributed by atoms with Crippen molar-refractivity contribution in [2.75, 3.05) is 0 Å². The molecule has 114 valence electrons. The Morgan fingerprint density at radius 3 is 2.14 bits per heavy atom. The Kier molecular flexibility index (Phi) is 5.44. The number of carbonyl (C=O) groups is 2. The van der Waals surface area contributed by atoms with Crippen molar-refractivity contribution in [3.63, 3.8) is 0 Å². The summed E-state index contributed by atoms with van der Waals surface area (Å²) in [6, 6.07) is 15.8. The smallest absolute Gasteiger partial charge is 0.320 e. The third kappa shape index (κ3) is 4.27. The second-order valence-electron chi connectivity index (χ2n) is 5.23. The largest absolute Gasteiger partial charge is 0.480 e. The van der Waals surface area contributed by atoms with Gasteiger partial charge in [-0.3, -0.25) is 9.59 Å². The number of carboxylic acid groups (broad SMARTS) is 1. The van der Waals surface area contributed by atoms with Crippen molar-refractivity contribution in [3.8, 4) is 0 Å². The molecule has 0 saturated heterocycles. The van der Waals surface area contributed by atoms with Crippen LogP contribution >= 0.6 is 0 Å². The number of aryl methyl sites for hydroxylation is 1. The summed E-state index contributed by atoms with van der Waals surface area (Å²) in [4.78, 5) is 22.9. The van der Waals surface area contributed by atoms with Crippen LogP contribution in [0, 0.1) is 0 Å². The molecule has 2 aromatic rings. The highest BCUT2D eigenvalue weighted by molar-refractivity contribution is 6.08. The number of carbonyl (C=O) groups excluding carboxylic acids is 1. The third-order valence-electron chi connectivity index (χ3n) is 3.55. The van der Waals surface area contributed by atoms with Crippen LogP contribution in [-0.2, 0) is 11.2 Å². The van der Waals surface area contributed by atoms with Gasteiger partial charge in [0.15, 0.2) is 5.78 Å². The van der Waals surface area contributed by atoms with E-state index in [1.807, 2.05) is 42.5 Å². The van der Waals surface area contributed by atoms with Gasteiger partial charge in [0.25, 0.3) is 0 Å². The molecule has 2 rings (SSSR count). The Hall–Kier alpha value is -2.46. The van der Waals surface area contributed by atoms with E-state index >= 15 is 0 Å². The van der Waals surface area contributed by atoms with Gasteiger partial charge in [-0.2, -0.15) is 0 Å². The summed E-state index contributed by atoms with van der Waals surface area (Å²) in [5, 5.41) is 8.72. The van der Waals surface area contributed by atoms with Gasteiger partial charge in [0.1, 0.15) is 6.04 Å². The number of hydrogen-bond acceptors (Lipinski definition) is 3. The second kappa shape index (κ2) is 7.52. The Balaban J connectivity index is 1.93. The van der Waals surface area contributed by atoms with E-state index in [4.69, 9.17) is 10.8 Å². The number of nitrogens with two attached hydrogens (primary N) is 1. The van der Waals surface area contributed by atoms with Gasteiger partial charge in [-0.05, 0) is 24.8 Å². The summed E-state index contributed by atoms with van der Waals surface area (Å²) in [7, 11) is 0. The first-order valence-corrected chi connectivity index (χ1v) is 7.25. The maximum Gasteiger partial charge on any atom is 0.320 e. The fourth-order valence-electron chi connectivity index (χ4n) is 2.23. The summed E-state index contributed by atoms with van der Waals surface area (Å²) in [6.07, 6.45) is 1.90. The number of hydrogen-bond donors (Lipinski definition) is 2. The molecule has 0 bridgehead atoms. The SMILES string of the molecule is N[C@@H](CCCc1ccc(C(=O)c2ccccc2)cc1)C(=O)O. The van der Waals surface area contributed by atoms with Crippen molar-refractivity contribution < 1.29 is 14.7 Å². The number of ketones is 1. The molecule has 0 spiro atoms. The average molecular weight is 297 g/mol. The summed E-state index contributed by atoms with van der Waals surface area (Å²) >= 11 is 0. The molecular formula is C18H19NO3. The van der Waals surface area contributed by atoms with Crippen LogP contribution < -0.4 is 5.73 Å². The summed E-state index contributed by atoms with van der Waals surface area (Å²) < 4.78 is 0. The van der Waals surface area contributed by atoms with Crippen LogP contribution in [0.15, 0.2) is 54.6 Å². The summed E-state index contributed by atoms with van der Waals surface area (Å²) in [5.74, 6) is -0.969. The Morgan fingerprint density at radius 1 is 0.955 bits per heavy atom. The quantitative estimate of drug-likeness (QED) is 0.770. The predicted octanol–water partition coefficient (Wildman–Crippen LogP) is 2.65. The van der Waals surface area contributed by atoms with Gasteiger partial charge in [-0.15, -0.1) is 0 Å². The molecule has 1 atom stereocenters. The van der Waals surface area contributed by atoms with Gasteiger partial charge in [0.2, 0.25) is 0 Å². The zero-order valence-corrected chi connectivity index (χ0v) is 12.2. The molecule has 0 aliphatic carbocycles.